The van der Waals surface area contributed by atoms with Gasteiger partial charge in [-0.2, -0.15) is 26.3 Å². The minimum Gasteiger partial charge on any atom is -0.444 e. The molecule has 4 heterocycles. The number of carbonyl (C=O) groups excluding carboxylic acids is 4. The highest BCUT2D eigenvalue weighted by atomic mass is 32.1. The van der Waals surface area contributed by atoms with Crippen molar-refractivity contribution in [3.63, 3.8) is 0 Å². The van der Waals surface area contributed by atoms with Gasteiger partial charge < -0.3 is 30.7 Å². The lowest BCUT2D eigenvalue weighted by Gasteiger charge is -2.20. The summed E-state index contributed by atoms with van der Waals surface area (Å²) in [6, 6.07) is 26.7. The van der Waals surface area contributed by atoms with Crippen LogP contribution >= 0.6 is 22.7 Å². The van der Waals surface area contributed by atoms with Crippen molar-refractivity contribution in [3.8, 4) is 43.4 Å². The molecular formula is C62H62F6N8O6S2. The van der Waals surface area contributed by atoms with E-state index in [1.807, 2.05) is 24.6 Å². The van der Waals surface area contributed by atoms with Gasteiger partial charge in [0.05, 0.1) is 23.2 Å². The average Bonchev–Trinajstić information content (AvgIpc) is 2.95. The van der Waals surface area contributed by atoms with E-state index in [9.17, 15) is 45.5 Å². The van der Waals surface area contributed by atoms with Crippen LogP contribution in [0.1, 0.15) is 133 Å². The van der Waals surface area contributed by atoms with Crippen molar-refractivity contribution in [3.05, 3.63) is 189 Å². The first-order chi connectivity index (χ1) is 39.4. The zero-order chi connectivity index (χ0) is 61.3. The molecule has 14 nitrogen and oxygen atoms in total. The number of aryl methyl sites for hydroxylation is 2. The molecule has 4 N–H and O–H groups in total. The van der Waals surface area contributed by atoms with Gasteiger partial charge in [-0.1, -0.05) is 60.7 Å². The second kappa shape index (κ2) is 26.4. The van der Waals surface area contributed by atoms with Gasteiger partial charge in [-0.15, -0.1) is 22.7 Å². The number of benzene rings is 4. The highest BCUT2D eigenvalue weighted by Crippen LogP contribution is 2.37. The minimum atomic E-state index is -4.53. The van der Waals surface area contributed by atoms with E-state index >= 15 is 0 Å². The summed E-state index contributed by atoms with van der Waals surface area (Å²) in [6.45, 7) is 17.7. The number of alkyl halides is 6. The molecule has 0 aliphatic rings. The van der Waals surface area contributed by atoms with Gasteiger partial charge in [0.1, 0.15) is 32.6 Å². The van der Waals surface area contributed by atoms with Crippen LogP contribution in [0.2, 0.25) is 0 Å². The molecule has 22 heteroatoms. The molecule has 0 fully saturated rings. The quantitative estimate of drug-likeness (QED) is 0.0764. The molecule has 0 spiro atoms. The van der Waals surface area contributed by atoms with Gasteiger partial charge in [-0.3, -0.25) is 19.6 Å². The Morgan fingerprint density at radius 2 is 0.857 bits per heavy atom. The van der Waals surface area contributed by atoms with Crippen LogP contribution in [0.4, 0.5) is 35.9 Å². The topological polar surface area (TPSA) is 186 Å². The SMILES string of the molecule is Cc1csc(-c2ccnc(C(=O)N[C@H](C)c3ccc(-c4cc(C(F)(F)F)ccc4CNC(=O)OC(C)(C)C)cc3)c2)n1.Cc1csc(-c2ccnc(C(=O)N[C@H](C)c3ccc(-c4cc(C(F)(F)F)ccc4CNC(=O)OC(C)(C)C)cc3)c2)n1. The molecule has 440 valence electrons. The number of pyridine rings is 2. The van der Waals surface area contributed by atoms with E-state index in [0.717, 1.165) is 67.9 Å². The molecule has 0 aliphatic heterocycles. The first kappa shape index (κ1) is 63.1. The molecule has 2 atom stereocenters. The summed E-state index contributed by atoms with van der Waals surface area (Å²) in [5, 5.41) is 16.5. The molecule has 0 bridgehead atoms. The average molecular weight is 1190 g/mol. The lowest BCUT2D eigenvalue weighted by molar-refractivity contribution is -0.138. The van der Waals surface area contributed by atoms with Crippen molar-refractivity contribution < 1.29 is 55.0 Å². The van der Waals surface area contributed by atoms with E-state index in [1.54, 1.807) is 141 Å². The van der Waals surface area contributed by atoms with Crippen LogP contribution < -0.4 is 21.3 Å². The van der Waals surface area contributed by atoms with Crippen LogP contribution in [0.25, 0.3) is 43.4 Å². The van der Waals surface area contributed by atoms with Gasteiger partial charge in [0.25, 0.3) is 11.8 Å². The van der Waals surface area contributed by atoms with Gasteiger partial charge >= 0.3 is 24.5 Å². The van der Waals surface area contributed by atoms with E-state index < -0.39 is 59.0 Å². The summed E-state index contributed by atoms with van der Waals surface area (Å²) in [7, 11) is 0. The molecule has 4 aromatic carbocycles. The van der Waals surface area contributed by atoms with E-state index in [1.165, 1.54) is 34.8 Å². The normalized spacial score (nSPS) is 12.5. The third-order valence-corrected chi connectivity index (χ3v) is 14.4. The lowest BCUT2D eigenvalue weighted by atomic mass is 9.95. The summed E-state index contributed by atoms with van der Waals surface area (Å²) in [5.41, 5.74) is 5.01. The highest BCUT2D eigenvalue weighted by molar-refractivity contribution is 7.13. The van der Waals surface area contributed by atoms with Crippen LogP contribution in [0.3, 0.4) is 0 Å². The third-order valence-electron chi connectivity index (χ3n) is 12.4. The number of rotatable bonds is 14. The Bertz CT molecular complexity index is 3390. The van der Waals surface area contributed by atoms with Crippen LogP contribution in [0.15, 0.2) is 132 Å². The number of nitrogens with zero attached hydrogens (tertiary/aromatic N) is 4. The van der Waals surface area contributed by atoms with Gasteiger partial charge in [-0.05, 0) is 162 Å². The molecule has 4 aromatic heterocycles. The smallest absolute Gasteiger partial charge is 0.416 e. The second-order valence-corrected chi connectivity index (χ2v) is 23.2. The molecule has 84 heavy (non-hydrogen) atoms. The van der Waals surface area contributed by atoms with Gasteiger partial charge in [0.2, 0.25) is 0 Å². The minimum absolute atomic E-state index is 0.0246. The maximum absolute atomic E-state index is 13.5. The molecular weight excluding hydrogens is 1130 g/mol. The summed E-state index contributed by atoms with van der Waals surface area (Å²) in [4.78, 5) is 67.5. The van der Waals surface area contributed by atoms with Crippen molar-refractivity contribution in [1.29, 1.82) is 0 Å². The number of aromatic nitrogens is 4. The molecule has 0 aliphatic carbocycles. The number of nitrogens with one attached hydrogen (secondary N) is 4. The molecule has 0 radical (unpaired) electrons. The summed E-state index contributed by atoms with van der Waals surface area (Å²) in [5.74, 6) is -0.731. The third kappa shape index (κ3) is 17.8. The van der Waals surface area contributed by atoms with Gasteiger partial charge in [0, 0.05) is 58.8 Å². The van der Waals surface area contributed by atoms with Crippen LogP contribution in [0.5, 0.6) is 0 Å². The van der Waals surface area contributed by atoms with Crippen LogP contribution in [-0.4, -0.2) is 55.1 Å². The number of thiazole rings is 2. The molecule has 0 saturated heterocycles. The Labute approximate surface area is 490 Å². The number of ether oxygens (including phenoxy) is 2. The van der Waals surface area contributed by atoms with Crippen LogP contribution in [-0.2, 0) is 34.9 Å². The Hall–Kier alpha value is -8.50. The Morgan fingerprint density at radius 3 is 1.17 bits per heavy atom. The fraction of sp³-hybridized carbons (Fsp3) is 0.290. The van der Waals surface area contributed by atoms with E-state index in [0.29, 0.717) is 33.4 Å². The van der Waals surface area contributed by atoms with Crippen molar-refractivity contribution in [2.45, 2.75) is 118 Å². The van der Waals surface area contributed by atoms with Gasteiger partial charge in [-0.25, -0.2) is 19.6 Å². The van der Waals surface area contributed by atoms with E-state index in [2.05, 4.69) is 41.2 Å². The lowest BCUT2D eigenvalue weighted by Crippen LogP contribution is -2.32. The monoisotopic (exact) mass is 1190 g/mol. The Balaban J connectivity index is 0.000000241. The van der Waals surface area contributed by atoms with Crippen molar-refractivity contribution >= 4 is 46.7 Å². The standard InChI is InChI=1S/2C31H31F3N4O3S/c2*1-18-17-42-28(37-18)22-12-13-35-26(14-22)27(39)38-19(2)20-6-8-21(9-7-20)25-15-24(31(32,33)34)11-10-23(25)16-36-29(40)41-30(3,4)5/h2*6-15,17,19H,16H2,1-5H3,(H,36,40)(H,38,39)/t2*19-/m11/s1. The first-order valence-corrected chi connectivity index (χ1v) is 28.1. The Morgan fingerprint density at radius 1 is 0.500 bits per heavy atom. The zero-order valence-electron chi connectivity index (χ0n) is 47.6. The molecule has 0 unspecified atom stereocenters. The number of halogens is 6. The number of alkyl carbamates (subject to hydrolysis) is 2. The fourth-order valence-corrected chi connectivity index (χ4v) is 9.86. The number of amides is 4. The first-order valence-electron chi connectivity index (χ1n) is 26.3. The maximum Gasteiger partial charge on any atom is 0.416 e. The molecule has 8 aromatic rings. The maximum atomic E-state index is 13.5. The largest absolute Gasteiger partial charge is 0.444 e. The van der Waals surface area contributed by atoms with Gasteiger partial charge in [0.15, 0.2) is 0 Å². The second-order valence-electron chi connectivity index (χ2n) is 21.5. The number of carbonyl (C=O) groups is 4. The van der Waals surface area contributed by atoms with E-state index in [4.69, 9.17) is 9.47 Å². The predicted octanol–water partition coefficient (Wildman–Crippen LogP) is 15.4. The summed E-state index contributed by atoms with van der Waals surface area (Å²) < 4.78 is 91.7. The molecule has 4 amide bonds. The van der Waals surface area contributed by atoms with Crippen LogP contribution in [0, 0.1) is 13.8 Å². The van der Waals surface area contributed by atoms with Crippen molar-refractivity contribution in [2.24, 2.45) is 0 Å². The molecule has 8 rings (SSSR count). The zero-order valence-corrected chi connectivity index (χ0v) is 49.2. The number of hydrogen-bond donors (Lipinski definition) is 4. The summed E-state index contributed by atoms with van der Waals surface area (Å²) >= 11 is 2.97. The fourth-order valence-electron chi connectivity index (χ4n) is 8.27. The predicted molar refractivity (Wildman–Crippen MR) is 312 cm³/mol. The molecule has 0 saturated carbocycles. The van der Waals surface area contributed by atoms with Crippen molar-refractivity contribution in [1.82, 2.24) is 41.2 Å². The Kier molecular flexibility index (Phi) is 19.8. The van der Waals surface area contributed by atoms with Crippen molar-refractivity contribution in [2.75, 3.05) is 0 Å². The van der Waals surface area contributed by atoms with E-state index in [-0.39, 0.29) is 36.3 Å². The highest BCUT2D eigenvalue weighted by Gasteiger charge is 2.33. The summed E-state index contributed by atoms with van der Waals surface area (Å²) in [6.07, 6.45) is -7.29. The number of hydrogen-bond acceptors (Lipinski definition) is 12.